The third kappa shape index (κ3) is 37.0. The number of aliphatic carboxylic acids is 2. The van der Waals surface area contributed by atoms with Gasteiger partial charge in [-0.1, -0.05) is 140 Å². The zero-order chi connectivity index (χ0) is 39.0. The molecule has 0 rings (SSSR count). The number of ether oxygens (including phenoxy) is 1. The van der Waals surface area contributed by atoms with Crippen LogP contribution in [0.2, 0.25) is 0 Å². The fourth-order valence-corrected chi connectivity index (χ4v) is 6.13. The van der Waals surface area contributed by atoms with Gasteiger partial charge in [0, 0.05) is 6.42 Å². The van der Waals surface area contributed by atoms with Crippen molar-refractivity contribution in [2.75, 3.05) is 13.1 Å². The molecule has 0 aromatic heterocycles. The number of unbranched alkanes of at least 4 members (excludes halogenated alkanes) is 18. The van der Waals surface area contributed by atoms with E-state index in [1.54, 1.807) is 0 Å². The van der Waals surface area contributed by atoms with Crippen LogP contribution in [0, 0.1) is 0 Å². The minimum absolute atomic E-state index is 0.278. The van der Waals surface area contributed by atoms with Crippen molar-refractivity contribution >= 4 is 23.8 Å². The second-order valence-corrected chi connectivity index (χ2v) is 14.4. The molecule has 0 aromatic rings. The van der Waals surface area contributed by atoms with Gasteiger partial charge < -0.3 is 19.8 Å². The summed E-state index contributed by atoms with van der Waals surface area (Å²) in [6.45, 7) is 3.30. The van der Waals surface area contributed by atoms with Crippen LogP contribution < -0.4 is 0 Å². The molecule has 0 aliphatic carbocycles. The van der Waals surface area contributed by atoms with Crippen molar-refractivity contribution in [3.8, 4) is 0 Å². The summed E-state index contributed by atoms with van der Waals surface area (Å²) in [6.07, 6.45) is 46.5. The molecule has 0 fully saturated rings. The summed E-state index contributed by atoms with van der Waals surface area (Å²) in [5.74, 6) is -3.74. The van der Waals surface area contributed by atoms with Crippen LogP contribution in [0.25, 0.3) is 0 Å². The number of rotatable bonds is 38. The van der Waals surface area contributed by atoms with Crippen LogP contribution in [0.3, 0.4) is 0 Å². The molecular formula is C45H77NO7. The van der Waals surface area contributed by atoms with Gasteiger partial charge in [-0.25, -0.2) is 0 Å². The molecule has 0 spiro atoms. The Labute approximate surface area is 323 Å². The maximum absolute atomic E-state index is 12.9. The van der Waals surface area contributed by atoms with Gasteiger partial charge in [0.05, 0.1) is 6.42 Å². The molecule has 0 saturated carbocycles. The lowest BCUT2D eigenvalue weighted by molar-refractivity contribution is -0.156. The highest BCUT2D eigenvalue weighted by Crippen LogP contribution is 2.18. The highest BCUT2D eigenvalue weighted by atomic mass is 16.5. The monoisotopic (exact) mass is 744 g/mol. The Morgan fingerprint density at radius 3 is 1.28 bits per heavy atom. The van der Waals surface area contributed by atoms with Gasteiger partial charge in [0.15, 0.2) is 0 Å². The standard InChI is InChI=1S/C45H77NO7/c1-3-5-7-9-11-13-15-17-19-21-23-25-27-29-31-33-35-41(53-45(52)40-46(39-44(50)51)42(47)37-38-43(48)49)36-34-32-30-28-26-24-22-20-18-16-14-12-10-8-6-4-2/h11-14,17-20,41H,3-10,15-16,21-40H2,1-2H3,(H,48,49)(H,50,51)/b13-11-,14-12-,19-17-,20-18-. The van der Waals surface area contributed by atoms with Gasteiger partial charge in [0.25, 0.3) is 0 Å². The molecule has 0 heterocycles. The first-order valence-electron chi connectivity index (χ1n) is 21.3. The van der Waals surface area contributed by atoms with Crippen LogP contribution in [0.15, 0.2) is 48.6 Å². The Morgan fingerprint density at radius 2 is 0.887 bits per heavy atom. The molecule has 0 aliphatic rings. The molecule has 1 amide bonds. The summed E-state index contributed by atoms with van der Waals surface area (Å²) in [6, 6.07) is 0. The minimum atomic E-state index is -1.26. The molecule has 0 aromatic carbocycles. The van der Waals surface area contributed by atoms with Gasteiger partial charge in [0.2, 0.25) is 5.91 Å². The lowest BCUT2D eigenvalue weighted by Crippen LogP contribution is -2.40. The molecule has 53 heavy (non-hydrogen) atoms. The third-order valence-corrected chi connectivity index (χ3v) is 9.30. The number of hydrogen-bond acceptors (Lipinski definition) is 5. The molecule has 2 N–H and O–H groups in total. The first kappa shape index (κ1) is 49.8. The summed E-state index contributed by atoms with van der Waals surface area (Å²) in [5.41, 5.74) is 0. The number of hydrogen-bond donors (Lipinski definition) is 2. The molecule has 0 aliphatic heterocycles. The number of amides is 1. The van der Waals surface area contributed by atoms with E-state index in [0.29, 0.717) is 0 Å². The zero-order valence-electron chi connectivity index (χ0n) is 33.8. The topological polar surface area (TPSA) is 121 Å². The van der Waals surface area contributed by atoms with Crippen molar-refractivity contribution in [1.29, 1.82) is 0 Å². The van der Waals surface area contributed by atoms with Crippen LogP contribution in [0.5, 0.6) is 0 Å². The summed E-state index contributed by atoms with van der Waals surface area (Å²) >= 11 is 0. The normalized spacial score (nSPS) is 11.9. The predicted octanol–water partition coefficient (Wildman–Crippen LogP) is 12.1. The van der Waals surface area contributed by atoms with Crippen LogP contribution in [-0.4, -0.2) is 58.1 Å². The van der Waals surface area contributed by atoms with Crippen LogP contribution >= 0.6 is 0 Å². The number of esters is 1. The summed E-state index contributed by atoms with van der Waals surface area (Å²) in [5, 5.41) is 18.2. The Morgan fingerprint density at radius 1 is 0.491 bits per heavy atom. The Balaban J connectivity index is 4.57. The van der Waals surface area contributed by atoms with Crippen molar-refractivity contribution in [3.63, 3.8) is 0 Å². The molecule has 0 atom stereocenters. The lowest BCUT2D eigenvalue weighted by Gasteiger charge is -2.23. The lowest BCUT2D eigenvalue weighted by atomic mass is 10.0. The molecular weight excluding hydrogens is 666 g/mol. The second kappa shape index (κ2) is 38.6. The molecule has 8 heteroatoms. The number of carbonyl (C=O) groups is 4. The van der Waals surface area contributed by atoms with Gasteiger partial charge in [-0.2, -0.15) is 0 Å². The van der Waals surface area contributed by atoms with E-state index >= 15 is 0 Å². The summed E-state index contributed by atoms with van der Waals surface area (Å²) in [7, 11) is 0. The van der Waals surface area contributed by atoms with Crippen molar-refractivity contribution in [3.05, 3.63) is 48.6 Å². The quantitative estimate of drug-likeness (QED) is 0.0367. The largest absolute Gasteiger partial charge is 0.481 e. The first-order chi connectivity index (χ1) is 25.8. The van der Waals surface area contributed by atoms with Gasteiger partial charge in [-0.05, 0) is 89.9 Å². The van der Waals surface area contributed by atoms with Crippen molar-refractivity contribution < 1.29 is 34.1 Å². The molecule has 304 valence electrons. The van der Waals surface area contributed by atoms with E-state index in [1.807, 2.05) is 0 Å². The van der Waals surface area contributed by atoms with E-state index in [0.717, 1.165) is 81.9 Å². The Kier molecular flexibility index (Phi) is 36.3. The van der Waals surface area contributed by atoms with E-state index in [2.05, 4.69) is 62.5 Å². The third-order valence-electron chi connectivity index (χ3n) is 9.30. The number of carboxylic acid groups (broad SMARTS) is 2. The number of carboxylic acids is 2. The van der Waals surface area contributed by atoms with E-state index in [4.69, 9.17) is 9.84 Å². The van der Waals surface area contributed by atoms with E-state index in [-0.39, 0.29) is 12.5 Å². The zero-order valence-corrected chi connectivity index (χ0v) is 33.8. The molecule has 0 saturated heterocycles. The highest BCUT2D eigenvalue weighted by molar-refractivity contribution is 5.87. The summed E-state index contributed by atoms with van der Waals surface area (Å²) in [4.78, 5) is 48.5. The SMILES string of the molecule is CCCCC/C=C\C/C=C\CCCCCCCCC(CCCCCCCC/C=C\C/C=C\CCCCC)OC(=O)CN(CC(=O)O)C(=O)CCC(=O)O. The second-order valence-electron chi connectivity index (χ2n) is 14.4. The first-order valence-corrected chi connectivity index (χ1v) is 21.3. The maximum atomic E-state index is 12.9. The van der Waals surface area contributed by atoms with Crippen molar-refractivity contribution in [2.45, 2.75) is 200 Å². The van der Waals surface area contributed by atoms with Crippen molar-refractivity contribution in [2.24, 2.45) is 0 Å². The van der Waals surface area contributed by atoms with E-state index < -0.39 is 43.3 Å². The van der Waals surface area contributed by atoms with Crippen LogP contribution in [0.4, 0.5) is 0 Å². The predicted molar refractivity (Wildman–Crippen MR) is 219 cm³/mol. The molecule has 0 bridgehead atoms. The van der Waals surface area contributed by atoms with Crippen LogP contribution in [-0.2, 0) is 23.9 Å². The van der Waals surface area contributed by atoms with Gasteiger partial charge >= 0.3 is 17.9 Å². The summed E-state index contributed by atoms with van der Waals surface area (Å²) < 4.78 is 5.82. The highest BCUT2D eigenvalue weighted by Gasteiger charge is 2.23. The Hall–Kier alpha value is -3.16. The average molecular weight is 744 g/mol. The average Bonchev–Trinajstić information content (AvgIpc) is 3.12. The van der Waals surface area contributed by atoms with E-state index in [9.17, 15) is 24.3 Å². The number of carbonyl (C=O) groups excluding carboxylic acids is 2. The number of nitrogens with zero attached hydrogens (tertiary/aromatic N) is 1. The fraction of sp³-hybridized carbons (Fsp3) is 0.733. The smallest absolute Gasteiger partial charge is 0.325 e. The fourth-order valence-electron chi connectivity index (χ4n) is 6.13. The maximum Gasteiger partial charge on any atom is 0.325 e. The number of allylic oxidation sites excluding steroid dienone is 8. The van der Waals surface area contributed by atoms with Crippen LogP contribution in [0.1, 0.15) is 194 Å². The van der Waals surface area contributed by atoms with Crippen molar-refractivity contribution in [1.82, 2.24) is 4.90 Å². The van der Waals surface area contributed by atoms with Gasteiger partial charge in [0.1, 0.15) is 19.2 Å². The molecule has 0 unspecified atom stereocenters. The minimum Gasteiger partial charge on any atom is -0.481 e. The Bertz CT molecular complexity index is 984. The van der Waals surface area contributed by atoms with Gasteiger partial charge in [-0.15, -0.1) is 0 Å². The molecule has 0 radical (unpaired) electrons. The van der Waals surface area contributed by atoms with E-state index in [1.165, 1.54) is 89.9 Å². The molecule has 8 nitrogen and oxygen atoms in total. The van der Waals surface area contributed by atoms with Gasteiger partial charge in [-0.3, -0.25) is 19.2 Å².